The third-order valence-electron chi connectivity index (χ3n) is 4.53. The minimum Gasteiger partial charge on any atom is -0.300 e. The molecule has 1 heteroatoms. The summed E-state index contributed by atoms with van der Waals surface area (Å²) in [7, 11) is 0. The smallest absolute Gasteiger partial charge is 0.132 e. The minimum absolute atomic E-state index is 0.284. The Labute approximate surface area is 94.6 Å². The van der Waals surface area contributed by atoms with Gasteiger partial charge in [0.25, 0.3) is 0 Å². The van der Waals surface area contributed by atoms with Gasteiger partial charge in [-0.1, -0.05) is 41.5 Å². The molecule has 1 fully saturated rings. The minimum atomic E-state index is 0.284. The van der Waals surface area contributed by atoms with Gasteiger partial charge in [-0.05, 0) is 29.1 Å². The van der Waals surface area contributed by atoms with Crippen molar-refractivity contribution in [1.82, 2.24) is 0 Å². The van der Waals surface area contributed by atoms with Crippen LogP contribution in [0.5, 0.6) is 0 Å². The van der Waals surface area contributed by atoms with Crippen LogP contribution in [-0.4, -0.2) is 5.78 Å². The van der Waals surface area contributed by atoms with E-state index in [9.17, 15) is 4.79 Å². The molecule has 0 atom stereocenters. The maximum atomic E-state index is 11.4. The average Bonchev–Trinajstić information content (AvgIpc) is 2.00. The third-order valence-corrected chi connectivity index (χ3v) is 4.53. The van der Waals surface area contributed by atoms with Gasteiger partial charge in [0.2, 0.25) is 0 Å². The molecule has 0 aromatic carbocycles. The number of carbonyl (C=O) groups is 1. The van der Waals surface area contributed by atoms with Crippen LogP contribution in [0.15, 0.2) is 0 Å². The van der Waals surface area contributed by atoms with Crippen LogP contribution in [0.2, 0.25) is 0 Å². The molecule has 0 aromatic rings. The predicted molar refractivity (Wildman–Crippen MR) is 64.8 cm³/mol. The lowest BCUT2D eigenvalue weighted by Gasteiger charge is -2.56. The van der Waals surface area contributed by atoms with Gasteiger partial charge in [0, 0.05) is 12.8 Å². The van der Waals surface area contributed by atoms with Crippen molar-refractivity contribution in [3.05, 3.63) is 0 Å². The van der Waals surface area contributed by atoms with Gasteiger partial charge in [0.05, 0.1) is 0 Å². The van der Waals surface area contributed by atoms with Crippen molar-refractivity contribution in [1.29, 1.82) is 0 Å². The summed E-state index contributed by atoms with van der Waals surface area (Å²) in [6, 6.07) is 0. The second-order valence-corrected chi connectivity index (χ2v) is 7.12. The number of ketones is 1. The van der Waals surface area contributed by atoms with E-state index in [0.717, 1.165) is 25.7 Å². The van der Waals surface area contributed by atoms with Crippen LogP contribution in [0.1, 0.15) is 67.2 Å². The molecule has 1 aliphatic rings. The molecular formula is C14H26O. The van der Waals surface area contributed by atoms with Crippen LogP contribution in [0.25, 0.3) is 0 Å². The van der Waals surface area contributed by atoms with Crippen LogP contribution < -0.4 is 0 Å². The van der Waals surface area contributed by atoms with Crippen LogP contribution in [0.3, 0.4) is 0 Å². The zero-order valence-corrected chi connectivity index (χ0v) is 11.2. The Morgan fingerprint density at radius 2 is 1.20 bits per heavy atom. The molecule has 15 heavy (non-hydrogen) atoms. The lowest BCUT2D eigenvalue weighted by Crippen LogP contribution is -2.48. The second kappa shape index (κ2) is 3.61. The standard InChI is InChI=1S/C14H26O/c1-12(2,3)14(13(4,5)6)9-7-11(15)8-10-14/h7-10H2,1-6H3. The van der Waals surface area contributed by atoms with E-state index in [1.807, 2.05) is 0 Å². The molecule has 0 radical (unpaired) electrons. The lowest BCUT2D eigenvalue weighted by molar-refractivity contribution is -0.130. The van der Waals surface area contributed by atoms with Crippen LogP contribution in [0, 0.1) is 16.2 Å². The molecular weight excluding hydrogens is 184 g/mol. The van der Waals surface area contributed by atoms with E-state index in [4.69, 9.17) is 0 Å². The van der Waals surface area contributed by atoms with Gasteiger partial charge in [-0.3, -0.25) is 4.79 Å². The molecule has 1 nitrogen and oxygen atoms in total. The normalized spacial score (nSPS) is 22.9. The van der Waals surface area contributed by atoms with Crippen molar-refractivity contribution < 1.29 is 4.79 Å². The molecule has 0 heterocycles. The van der Waals surface area contributed by atoms with Crippen molar-refractivity contribution in [3.63, 3.8) is 0 Å². The number of hydrogen-bond donors (Lipinski definition) is 0. The number of Topliss-reactive ketones (excluding diaryl/α,β-unsaturated/α-hetero) is 1. The van der Waals surface area contributed by atoms with Crippen molar-refractivity contribution in [2.45, 2.75) is 67.2 Å². The van der Waals surface area contributed by atoms with Crippen molar-refractivity contribution in [2.24, 2.45) is 16.2 Å². The fourth-order valence-corrected chi connectivity index (χ4v) is 3.58. The van der Waals surface area contributed by atoms with E-state index in [1.165, 1.54) is 0 Å². The fraction of sp³-hybridized carbons (Fsp3) is 0.929. The highest BCUT2D eigenvalue weighted by molar-refractivity contribution is 5.79. The van der Waals surface area contributed by atoms with E-state index in [0.29, 0.717) is 11.2 Å². The molecule has 0 N–H and O–H groups in total. The molecule has 0 unspecified atom stereocenters. The summed E-state index contributed by atoms with van der Waals surface area (Å²) in [5, 5.41) is 0. The summed E-state index contributed by atoms with van der Waals surface area (Å²) in [5.74, 6) is 0.458. The Bertz CT molecular complexity index is 223. The molecule has 0 spiro atoms. The Hall–Kier alpha value is -0.330. The molecule has 88 valence electrons. The van der Waals surface area contributed by atoms with E-state index < -0.39 is 0 Å². The molecule has 1 saturated carbocycles. The van der Waals surface area contributed by atoms with Crippen molar-refractivity contribution in [2.75, 3.05) is 0 Å². The Morgan fingerprint density at radius 3 is 1.47 bits per heavy atom. The summed E-state index contributed by atoms with van der Waals surface area (Å²) in [6.45, 7) is 14.0. The van der Waals surface area contributed by atoms with Crippen molar-refractivity contribution >= 4 is 5.78 Å². The Balaban J connectivity index is 3.04. The number of carbonyl (C=O) groups excluding carboxylic acids is 1. The summed E-state index contributed by atoms with van der Waals surface area (Å²) >= 11 is 0. The topological polar surface area (TPSA) is 17.1 Å². The monoisotopic (exact) mass is 210 g/mol. The number of hydrogen-bond acceptors (Lipinski definition) is 1. The van der Waals surface area contributed by atoms with Crippen LogP contribution in [-0.2, 0) is 4.79 Å². The van der Waals surface area contributed by atoms with Gasteiger partial charge < -0.3 is 0 Å². The van der Waals surface area contributed by atoms with Gasteiger partial charge in [0.15, 0.2) is 0 Å². The predicted octanol–water partition coefficient (Wildman–Crippen LogP) is 4.21. The molecule has 0 saturated heterocycles. The highest BCUT2D eigenvalue weighted by atomic mass is 16.1. The molecule has 0 bridgehead atoms. The zero-order valence-electron chi connectivity index (χ0n) is 11.2. The highest BCUT2D eigenvalue weighted by Crippen LogP contribution is 2.58. The van der Waals surface area contributed by atoms with Gasteiger partial charge >= 0.3 is 0 Å². The van der Waals surface area contributed by atoms with Crippen molar-refractivity contribution in [3.8, 4) is 0 Å². The fourth-order valence-electron chi connectivity index (χ4n) is 3.58. The first-order valence-electron chi connectivity index (χ1n) is 6.12. The molecule has 1 rings (SSSR count). The third kappa shape index (κ3) is 2.11. The summed E-state index contributed by atoms with van der Waals surface area (Å²) in [4.78, 5) is 11.4. The SMILES string of the molecule is CC(C)(C)C1(C(C)(C)C)CCC(=O)CC1. The Morgan fingerprint density at radius 1 is 0.867 bits per heavy atom. The second-order valence-electron chi connectivity index (χ2n) is 7.12. The summed E-state index contributed by atoms with van der Waals surface area (Å²) in [6.07, 6.45) is 3.71. The summed E-state index contributed by atoms with van der Waals surface area (Å²) < 4.78 is 0. The number of rotatable bonds is 0. The van der Waals surface area contributed by atoms with Gasteiger partial charge in [-0.25, -0.2) is 0 Å². The molecule has 0 amide bonds. The maximum absolute atomic E-state index is 11.4. The van der Waals surface area contributed by atoms with Gasteiger partial charge in [0.1, 0.15) is 5.78 Å². The van der Waals surface area contributed by atoms with Crippen LogP contribution >= 0.6 is 0 Å². The van der Waals surface area contributed by atoms with E-state index in [2.05, 4.69) is 41.5 Å². The molecule has 0 aromatic heterocycles. The highest BCUT2D eigenvalue weighted by Gasteiger charge is 2.51. The first-order chi connectivity index (χ1) is 6.60. The average molecular weight is 210 g/mol. The summed E-state index contributed by atoms with van der Waals surface area (Å²) in [5.41, 5.74) is 0.881. The van der Waals surface area contributed by atoms with Gasteiger partial charge in [-0.2, -0.15) is 0 Å². The molecule has 0 aliphatic heterocycles. The lowest BCUT2D eigenvalue weighted by atomic mass is 9.49. The van der Waals surface area contributed by atoms with Gasteiger partial charge in [-0.15, -0.1) is 0 Å². The largest absolute Gasteiger partial charge is 0.300 e. The maximum Gasteiger partial charge on any atom is 0.132 e. The van der Waals surface area contributed by atoms with E-state index >= 15 is 0 Å². The first kappa shape index (κ1) is 12.7. The van der Waals surface area contributed by atoms with E-state index in [1.54, 1.807) is 0 Å². The first-order valence-corrected chi connectivity index (χ1v) is 6.12. The van der Waals surface area contributed by atoms with E-state index in [-0.39, 0.29) is 10.8 Å². The molecule has 1 aliphatic carbocycles. The Kier molecular flexibility index (Phi) is 3.06. The van der Waals surface area contributed by atoms with Crippen LogP contribution in [0.4, 0.5) is 0 Å². The zero-order chi connectivity index (χ0) is 11.9. The quantitative estimate of drug-likeness (QED) is 0.585.